The lowest BCUT2D eigenvalue weighted by molar-refractivity contribution is 0.131. The molecule has 0 saturated heterocycles. The van der Waals surface area contributed by atoms with Gasteiger partial charge in [0.2, 0.25) is 0 Å². The highest BCUT2D eigenvalue weighted by atomic mass is 32.1. The SMILES string of the molecule is CCCNC1CCC(N2CCc3sccc3C2)CC1. The summed E-state index contributed by atoms with van der Waals surface area (Å²) in [5, 5.41) is 5.95. The van der Waals surface area contributed by atoms with Gasteiger partial charge in [-0.25, -0.2) is 0 Å². The Hall–Kier alpha value is -0.380. The fourth-order valence-corrected chi connectivity index (χ4v) is 4.47. The first-order valence-electron chi connectivity index (χ1n) is 7.89. The second kappa shape index (κ2) is 6.38. The molecule has 1 aliphatic carbocycles. The predicted molar refractivity (Wildman–Crippen MR) is 82.8 cm³/mol. The molecule has 0 radical (unpaired) electrons. The molecule has 0 spiro atoms. The normalized spacial score (nSPS) is 28.3. The molecule has 0 unspecified atom stereocenters. The molecule has 0 bridgehead atoms. The van der Waals surface area contributed by atoms with Crippen molar-refractivity contribution in [1.29, 1.82) is 0 Å². The van der Waals surface area contributed by atoms with Crippen molar-refractivity contribution in [2.75, 3.05) is 13.1 Å². The zero-order valence-corrected chi connectivity index (χ0v) is 12.8. The van der Waals surface area contributed by atoms with Gasteiger partial charge in [-0.1, -0.05) is 6.92 Å². The summed E-state index contributed by atoms with van der Waals surface area (Å²) in [7, 11) is 0. The predicted octanol–water partition coefficient (Wildman–Crippen LogP) is 3.42. The van der Waals surface area contributed by atoms with E-state index >= 15 is 0 Å². The van der Waals surface area contributed by atoms with E-state index in [2.05, 4.69) is 28.6 Å². The summed E-state index contributed by atoms with van der Waals surface area (Å²) in [4.78, 5) is 4.38. The Kier molecular flexibility index (Phi) is 4.57. The van der Waals surface area contributed by atoms with Crippen LogP contribution in [0.4, 0.5) is 0 Å². The average molecular weight is 278 g/mol. The molecule has 19 heavy (non-hydrogen) atoms. The van der Waals surface area contributed by atoms with E-state index < -0.39 is 0 Å². The van der Waals surface area contributed by atoms with Crippen LogP contribution in [0.1, 0.15) is 49.5 Å². The maximum Gasteiger partial charge on any atom is 0.0247 e. The van der Waals surface area contributed by atoms with Crippen molar-refractivity contribution in [3.05, 3.63) is 21.9 Å². The molecule has 1 aromatic rings. The summed E-state index contributed by atoms with van der Waals surface area (Å²) < 4.78 is 0. The van der Waals surface area contributed by atoms with Crippen molar-refractivity contribution >= 4 is 11.3 Å². The maximum atomic E-state index is 3.69. The van der Waals surface area contributed by atoms with E-state index in [1.54, 1.807) is 10.4 Å². The molecule has 1 N–H and O–H groups in total. The Morgan fingerprint density at radius 3 is 2.95 bits per heavy atom. The third-order valence-corrected chi connectivity index (χ3v) is 5.76. The molecule has 1 saturated carbocycles. The summed E-state index contributed by atoms with van der Waals surface area (Å²) >= 11 is 1.95. The molecule has 3 rings (SSSR count). The van der Waals surface area contributed by atoms with Crippen LogP contribution in [-0.2, 0) is 13.0 Å². The van der Waals surface area contributed by atoms with Crippen LogP contribution in [0.5, 0.6) is 0 Å². The summed E-state index contributed by atoms with van der Waals surface area (Å²) in [6.45, 7) is 5.93. The number of thiophene rings is 1. The van der Waals surface area contributed by atoms with Crippen LogP contribution in [0.2, 0.25) is 0 Å². The van der Waals surface area contributed by atoms with Crippen molar-refractivity contribution < 1.29 is 0 Å². The number of nitrogens with zero attached hydrogens (tertiary/aromatic N) is 1. The first kappa shape index (κ1) is 13.6. The molecule has 2 heterocycles. The second-order valence-corrected chi connectivity index (χ2v) is 7.05. The molecule has 1 aromatic heterocycles. The zero-order valence-electron chi connectivity index (χ0n) is 12.0. The highest BCUT2D eigenvalue weighted by molar-refractivity contribution is 7.10. The lowest BCUT2D eigenvalue weighted by Gasteiger charge is -2.39. The smallest absolute Gasteiger partial charge is 0.0247 e. The van der Waals surface area contributed by atoms with E-state index in [1.165, 1.54) is 58.2 Å². The van der Waals surface area contributed by atoms with Crippen LogP contribution < -0.4 is 5.32 Å². The Bertz CT molecular complexity index is 393. The van der Waals surface area contributed by atoms with Gasteiger partial charge in [0.05, 0.1) is 0 Å². The van der Waals surface area contributed by atoms with Gasteiger partial charge in [-0.3, -0.25) is 4.90 Å². The van der Waals surface area contributed by atoms with E-state index in [9.17, 15) is 0 Å². The van der Waals surface area contributed by atoms with Crippen molar-refractivity contribution in [2.24, 2.45) is 0 Å². The number of fused-ring (bicyclic) bond motifs is 1. The van der Waals surface area contributed by atoms with Gasteiger partial charge >= 0.3 is 0 Å². The Morgan fingerprint density at radius 2 is 2.16 bits per heavy atom. The molecular weight excluding hydrogens is 252 g/mol. The summed E-state index contributed by atoms with van der Waals surface area (Å²) in [5.74, 6) is 0. The van der Waals surface area contributed by atoms with E-state index in [4.69, 9.17) is 0 Å². The first-order valence-corrected chi connectivity index (χ1v) is 8.77. The second-order valence-electron chi connectivity index (χ2n) is 6.05. The minimum atomic E-state index is 0.790. The van der Waals surface area contributed by atoms with Gasteiger partial charge in [-0.05, 0) is 62.1 Å². The van der Waals surface area contributed by atoms with Crippen LogP contribution in [-0.4, -0.2) is 30.1 Å². The van der Waals surface area contributed by atoms with Gasteiger partial charge in [0.1, 0.15) is 0 Å². The van der Waals surface area contributed by atoms with Gasteiger partial charge in [0, 0.05) is 30.1 Å². The first-order chi connectivity index (χ1) is 9.36. The van der Waals surface area contributed by atoms with Crippen molar-refractivity contribution in [2.45, 2.75) is 64.1 Å². The molecule has 2 nitrogen and oxygen atoms in total. The minimum absolute atomic E-state index is 0.790. The molecule has 106 valence electrons. The van der Waals surface area contributed by atoms with Crippen LogP contribution in [0.15, 0.2) is 11.4 Å². The number of hydrogen-bond acceptors (Lipinski definition) is 3. The van der Waals surface area contributed by atoms with Gasteiger partial charge in [-0.15, -0.1) is 11.3 Å². The van der Waals surface area contributed by atoms with Crippen molar-refractivity contribution in [3.63, 3.8) is 0 Å². The highest BCUT2D eigenvalue weighted by Gasteiger charge is 2.28. The summed E-state index contributed by atoms with van der Waals surface area (Å²) in [6, 6.07) is 3.96. The topological polar surface area (TPSA) is 15.3 Å². The Morgan fingerprint density at radius 1 is 1.32 bits per heavy atom. The third-order valence-electron chi connectivity index (χ3n) is 4.73. The lowest BCUT2D eigenvalue weighted by Crippen LogP contribution is -2.44. The van der Waals surface area contributed by atoms with Crippen molar-refractivity contribution in [1.82, 2.24) is 10.2 Å². The third kappa shape index (κ3) is 3.21. The minimum Gasteiger partial charge on any atom is -0.314 e. The van der Waals surface area contributed by atoms with Crippen LogP contribution >= 0.6 is 11.3 Å². The maximum absolute atomic E-state index is 3.69. The van der Waals surface area contributed by atoms with Crippen LogP contribution in [0, 0.1) is 0 Å². The van der Waals surface area contributed by atoms with Crippen LogP contribution in [0.3, 0.4) is 0 Å². The van der Waals surface area contributed by atoms with Gasteiger partial charge in [0.25, 0.3) is 0 Å². The molecule has 2 aliphatic rings. The average Bonchev–Trinajstić information content (AvgIpc) is 2.93. The monoisotopic (exact) mass is 278 g/mol. The molecule has 1 aliphatic heterocycles. The quantitative estimate of drug-likeness (QED) is 0.908. The fourth-order valence-electron chi connectivity index (χ4n) is 3.58. The van der Waals surface area contributed by atoms with Crippen molar-refractivity contribution in [3.8, 4) is 0 Å². The molecule has 3 heteroatoms. The number of hydrogen-bond donors (Lipinski definition) is 1. The molecule has 0 amide bonds. The van der Waals surface area contributed by atoms with E-state index in [0.717, 1.165) is 12.1 Å². The molecule has 0 aromatic carbocycles. The molecule has 0 atom stereocenters. The number of rotatable bonds is 4. The zero-order chi connectivity index (χ0) is 13.1. The fraction of sp³-hybridized carbons (Fsp3) is 0.750. The lowest BCUT2D eigenvalue weighted by atomic mass is 9.89. The van der Waals surface area contributed by atoms with Gasteiger partial charge < -0.3 is 5.32 Å². The summed E-state index contributed by atoms with van der Waals surface area (Å²) in [6.07, 6.45) is 8.06. The Labute approximate surface area is 121 Å². The highest BCUT2D eigenvalue weighted by Crippen LogP contribution is 2.30. The molecular formula is C16H26N2S. The Balaban J connectivity index is 1.50. The van der Waals surface area contributed by atoms with E-state index in [0.29, 0.717) is 0 Å². The summed E-state index contributed by atoms with van der Waals surface area (Å²) in [5.41, 5.74) is 1.60. The van der Waals surface area contributed by atoms with E-state index in [1.807, 2.05) is 11.3 Å². The standard InChI is InChI=1S/C16H26N2S/c1-2-9-17-14-3-5-15(6-4-14)18-10-7-16-13(12-18)8-11-19-16/h8,11,14-15,17H,2-7,9-10,12H2,1H3. The van der Waals surface area contributed by atoms with Gasteiger partial charge in [0.15, 0.2) is 0 Å². The number of nitrogens with one attached hydrogen (secondary N) is 1. The largest absolute Gasteiger partial charge is 0.314 e. The van der Waals surface area contributed by atoms with Gasteiger partial charge in [-0.2, -0.15) is 0 Å². The van der Waals surface area contributed by atoms with Crippen LogP contribution in [0.25, 0.3) is 0 Å². The van der Waals surface area contributed by atoms with E-state index in [-0.39, 0.29) is 0 Å². The molecule has 1 fully saturated rings.